The summed E-state index contributed by atoms with van der Waals surface area (Å²) in [6.07, 6.45) is 13.1. The number of ketones is 1. The Hall–Kier alpha value is -2.40. The van der Waals surface area contributed by atoms with Gasteiger partial charge in [-0.3, -0.25) is 4.79 Å². The number of azide groups is 1. The van der Waals surface area contributed by atoms with Gasteiger partial charge in [-0.2, -0.15) is 0 Å². The van der Waals surface area contributed by atoms with Crippen LogP contribution in [0.1, 0.15) is 60.3 Å². The highest BCUT2D eigenvalue weighted by Gasteiger charge is 2.45. The van der Waals surface area contributed by atoms with Crippen molar-refractivity contribution in [2.75, 3.05) is 6.54 Å². The van der Waals surface area contributed by atoms with E-state index in [9.17, 15) is 4.79 Å². The lowest BCUT2D eigenvalue weighted by molar-refractivity contribution is -0.224. The molecule has 3 rings (SSSR count). The van der Waals surface area contributed by atoms with E-state index in [1.54, 1.807) is 0 Å². The first-order valence-electron chi connectivity index (χ1n) is 11.0. The number of rotatable bonds is 6. The van der Waals surface area contributed by atoms with Gasteiger partial charge in [0.2, 0.25) is 5.79 Å². The van der Waals surface area contributed by atoms with Crippen LogP contribution in [0.4, 0.5) is 0 Å². The largest absolute Gasteiger partial charge is 0.335 e. The number of carbonyl (C=O) groups excluding carboxylic acids is 1. The second kappa shape index (κ2) is 9.82. The summed E-state index contributed by atoms with van der Waals surface area (Å²) >= 11 is 0. The summed E-state index contributed by atoms with van der Waals surface area (Å²) < 4.78 is 13.0. The smallest absolute Gasteiger partial charge is 0.209 e. The first-order chi connectivity index (χ1) is 14.7. The maximum absolute atomic E-state index is 12.3. The molecule has 0 amide bonds. The summed E-state index contributed by atoms with van der Waals surface area (Å²) in [5, 5.41) is 3.77. The molecular formula is C25H33N3O3. The van der Waals surface area contributed by atoms with E-state index in [1.165, 1.54) is 16.7 Å². The lowest BCUT2D eigenvalue weighted by Crippen LogP contribution is -2.49. The summed E-state index contributed by atoms with van der Waals surface area (Å²) in [5.41, 5.74) is 14.3. The van der Waals surface area contributed by atoms with E-state index >= 15 is 0 Å². The molecule has 166 valence electrons. The topological polar surface area (TPSA) is 84.3 Å². The summed E-state index contributed by atoms with van der Waals surface area (Å²) in [4.78, 5) is 15.2. The normalized spacial score (nSPS) is 30.6. The average molecular weight is 424 g/mol. The number of ether oxygens (including phenoxy) is 2. The molecule has 0 aromatic heterocycles. The van der Waals surface area contributed by atoms with Crippen LogP contribution >= 0.6 is 0 Å². The fourth-order valence-corrected chi connectivity index (χ4v) is 4.53. The third-order valence-electron chi connectivity index (χ3n) is 6.02. The lowest BCUT2D eigenvalue weighted by Gasteiger charge is -2.45. The van der Waals surface area contributed by atoms with E-state index < -0.39 is 5.79 Å². The molecule has 0 saturated heterocycles. The summed E-state index contributed by atoms with van der Waals surface area (Å²) in [6, 6.07) is 0. The van der Waals surface area contributed by atoms with Gasteiger partial charge in [-0.25, -0.2) is 0 Å². The standard InChI is InChI=1S/C25H33N3O3/c1-16(2)7-6-8-17(3)9-21-10-18(4)13-25(30-21)14-20(15-27-28-26)22-12-23(29)19(5)11-24(22)31-25/h7,9,11,13-14,21-22,24H,6,8,10,12,15H2,1-5H3/b17-9+/t21-,22-,24-,25+/m1/s1. The zero-order chi connectivity index (χ0) is 22.6. The Morgan fingerprint density at radius 3 is 2.74 bits per heavy atom. The van der Waals surface area contributed by atoms with Crippen LogP contribution in [-0.4, -0.2) is 30.3 Å². The number of allylic oxidation sites excluding steroid dienone is 4. The summed E-state index contributed by atoms with van der Waals surface area (Å²) in [7, 11) is 0. The SMILES string of the molecule is CC(C)=CCC/C(C)=C/[C@@H]1CC(C)=C[C@]2(C=C(CN=[N+]=[N-])[C@H]3CC(=O)C(C)=C[C@H]3O2)O1. The molecule has 6 nitrogen and oxygen atoms in total. The minimum absolute atomic E-state index is 0.0967. The van der Waals surface area contributed by atoms with E-state index in [4.69, 9.17) is 15.0 Å². The van der Waals surface area contributed by atoms with Crippen molar-refractivity contribution < 1.29 is 14.3 Å². The van der Waals surface area contributed by atoms with E-state index in [2.05, 4.69) is 49.9 Å². The van der Waals surface area contributed by atoms with Gasteiger partial charge in [0.15, 0.2) is 5.78 Å². The Balaban J connectivity index is 1.88. The van der Waals surface area contributed by atoms with Crippen molar-refractivity contribution in [3.63, 3.8) is 0 Å². The molecule has 4 atom stereocenters. The Morgan fingerprint density at radius 2 is 2.03 bits per heavy atom. The Labute approximate surface area is 185 Å². The van der Waals surface area contributed by atoms with Crippen LogP contribution in [0, 0.1) is 5.92 Å². The molecule has 6 heteroatoms. The minimum atomic E-state index is -1.01. The predicted octanol–water partition coefficient (Wildman–Crippen LogP) is 6.28. The third kappa shape index (κ3) is 5.85. The molecule has 0 N–H and O–H groups in total. The van der Waals surface area contributed by atoms with E-state index in [1.807, 2.05) is 25.2 Å². The molecular weight excluding hydrogens is 390 g/mol. The van der Waals surface area contributed by atoms with Gasteiger partial charge in [0.05, 0.1) is 12.2 Å². The molecule has 3 aliphatic rings. The van der Waals surface area contributed by atoms with Crippen LogP contribution in [0.5, 0.6) is 0 Å². The highest BCUT2D eigenvalue weighted by atomic mass is 16.7. The predicted molar refractivity (Wildman–Crippen MR) is 122 cm³/mol. The fraction of sp³-hybridized carbons (Fsp3) is 0.560. The lowest BCUT2D eigenvalue weighted by atomic mass is 9.78. The van der Waals surface area contributed by atoms with Gasteiger partial charge in [-0.05, 0) is 83.2 Å². The first-order valence-corrected chi connectivity index (χ1v) is 11.0. The number of hydrogen-bond acceptors (Lipinski definition) is 4. The quantitative estimate of drug-likeness (QED) is 0.218. The van der Waals surface area contributed by atoms with Gasteiger partial charge in [0.25, 0.3) is 0 Å². The Bertz CT molecular complexity index is 930. The van der Waals surface area contributed by atoms with Gasteiger partial charge in [0, 0.05) is 23.8 Å². The molecule has 0 fully saturated rings. The fourth-order valence-electron chi connectivity index (χ4n) is 4.53. The van der Waals surface area contributed by atoms with Crippen molar-refractivity contribution in [2.45, 2.75) is 78.3 Å². The van der Waals surface area contributed by atoms with Crippen LogP contribution in [0.15, 0.2) is 63.4 Å². The Morgan fingerprint density at radius 1 is 1.26 bits per heavy atom. The molecule has 0 unspecified atom stereocenters. The van der Waals surface area contributed by atoms with Crippen LogP contribution in [0.3, 0.4) is 0 Å². The summed E-state index contributed by atoms with van der Waals surface area (Å²) in [5.74, 6) is -1.02. The first kappa shape index (κ1) is 23.3. The zero-order valence-corrected chi connectivity index (χ0v) is 19.2. The highest BCUT2D eigenvalue weighted by molar-refractivity contribution is 5.96. The van der Waals surface area contributed by atoms with Crippen LogP contribution in [-0.2, 0) is 14.3 Å². The number of nitrogens with zero attached hydrogens (tertiary/aromatic N) is 3. The second-order valence-electron chi connectivity index (χ2n) is 9.18. The van der Waals surface area contributed by atoms with E-state index in [-0.39, 0.29) is 30.5 Å². The molecule has 1 spiro atoms. The second-order valence-corrected chi connectivity index (χ2v) is 9.18. The van der Waals surface area contributed by atoms with Crippen LogP contribution < -0.4 is 0 Å². The molecule has 2 aliphatic heterocycles. The van der Waals surface area contributed by atoms with Gasteiger partial charge < -0.3 is 9.47 Å². The number of hydrogen-bond donors (Lipinski definition) is 0. The molecule has 0 saturated carbocycles. The van der Waals surface area contributed by atoms with E-state index in [0.717, 1.165) is 24.8 Å². The zero-order valence-electron chi connectivity index (χ0n) is 19.2. The van der Waals surface area contributed by atoms with Crippen molar-refractivity contribution in [2.24, 2.45) is 11.0 Å². The molecule has 31 heavy (non-hydrogen) atoms. The maximum Gasteiger partial charge on any atom is 0.209 e. The van der Waals surface area contributed by atoms with Gasteiger partial charge in [-0.15, -0.1) is 0 Å². The van der Waals surface area contributed by atoms with Gasteiger partial charge in [0.1, 0.15) is 0 Å². The van der Waals surface area contributed by atoms with Gasteiger partial charge in [-0.1, -0.05) is 39.6 Å². The molecule has 0 radical (unpaired) electrons. The van der Waals surface area contributed by atoms with Crippen LogP contribution in [0.25, 0.3) is 10.4 Å². The van der Waals surface area contributed by atoms with Crippen molar-refractivity contribution in [3.05, 3.63) is 68.7 Å². The molecule has 2 heterocycles. The third-order valence-corrected chi connectivity index (χ3v) is 6.02. The van der Waals surface area contributed by atoms with Crippen LogP contribution in [0.2, 0.25) is 0 Å². The highest BCUT2D eigenvalue weighted by Crippen LogP contribution is 2.42. The van der Waals surface area contributed by atoms with Crippen molar-refractivity contribution in [3.8, 4) is 0 Å². The molecule has 1 aliphatic carbocycles. The maximum atomic E-state index is 12.3. The van der Waals surface area contributed by atoms with Crippen molar-refractivity contribution in [1.29, 1.82) is 0 Å². The van der Waals surface area contributed by atoms with E-state index in [0.29, 0.717) is 12.0 Å². The number of Topliss-reactive ketones (excluding diaryl/α,β-unsaturated/α-hetero) is 1. The van der Waals surface area contributed by atoms with Crippen molar-refractivity contribution in [1.82, 2.24) is 0 Å². The molecule has 0 aromatic rings. The average Bonchev–Trinajstić information content (AvgIpc) is 2.66. The molecule has 0 bridgehead atoms. The molecule has 0 aromatic carbocycles. The minimum Gasteiger partial charge on any atom is -0.335 e. The number of carbonyl (C=O) groups is 1. The van der Waals surface area contributed by atoms with Crippen molar-refractivity contribution >= 4 is 5.78 Å². The Kier molecular flexibility index (Phi) is 7.37. The monoisotopic (exact) mass is 423 g/mol. The van der Waals surface area contributed by atoms with Gasteiger partial charge >= 0.3 is 0 Å². The number of fused-ring (bicyclic) bond motifs is 1. The summed E-state index contributed by atoms with van der Waals surface area (Å²) in [6.45, 7) is 10.5.